The first-order valence-electron chi connectivity index (χ1n) is 9.30. The van der Waals surface area contributed by atoms with Gasteiger partial charge >= 0.3 is 0 Å². The first-order chi connectivity index (χ1) is 11.8. The minimum atomic E-state index is 0.132. The van der Waals surface area contributed by atoms with E-state index < -0.39 is 0 Å². The lowest BCUT2D eigenvalue weighted by atomic mass is 9.96. The Labute approximate surface area is 144 Å². The topological polar surface area (TPSA) is 29.5 Å². The van der Waals surface area contributed by atoms with Gasteiger partial charge in [0.25, 0.3) is 0 Å². The van der Waals surface area contributed by atoms with Crippen molar-refractivity contribution in [2.75, 3.05) is 13.2 Å². The molecule has 0 aromatic heterocycles. The number of amides is 1. The van der Waals surface area contributed by atoms with E-state index in [4.69, 9.17) is 4.74 Å². The summed E-state index contributed by atoms with van der Waals surface area (Å²) in [5.41, 5.74) is 3.75. The predicted molar refractivity (Wildman–Crippen MR) is 93.4 cm³/mol. The fourth-order valence-electron chi connectivity index (χ4n) is 3.55. The summed E-state index contributed by atoms with van der Waals surface area (Å²) in [6.07, 6.45) is 7.48. The third-order valence-corrected chi connectivity index (χ3v) is 5.25. The van der Waals surface area contributed by atoms with Crippen LogP contribution in [0.15, 0.2) is 18.2 Å². The van der Waals surface area contributed by atoms with Crippen molar-refractivity contribution in [3.8, 4) is 11.8 Å². The van der Waals surface area contributed by atoms with Crippen LogP contribution in [-0.2, 0) is 22.5 Å². The number of fused-ring (bicyclic) bond motifs is 1. The van der Waals surface area contributed by atoms with Crippen molar-refractivity contribution in [3.05, 3.63) is 34.9 Å². The average molecular weight is 323 g/mol. The molecular formula is C21H25NO2. The van der Waals surface area contributed by atoms with Crippen LogP contribution in [0.25, 0.3) is 0 Å². The molecule has 3 heteroatoms. The summed E-state index contributed by atoms with van der Waals surface area (Å²) in [5.74, 6) is 7.50. The molecule has 2 heterocycles. The largest absolute Gasteiger partial charge is 0.378 e. The third-order valence-electron chi connectivity index (χ3n) is 5.25. The molecule has 3 nitrogen and oxygen atoms in total. The maximum Gasteiger partial charge on any atom is 0.225 e. The van der Waals surface area contributed by atoms with E-state index in [-0.39, 0.29) is 12.0 Å². The van der Waals surface area contributed by atoms with Crippen LogP contribution in [0.2, 0.25) is 0 Å². The SMILES string of the molecule is O=C(CC1CCCCO1)N1CCc2cc(C#CC3CC3)ccc2C1. The van der Waals surface area contributed by atoms with Crippen molar-refractivity contribution in [1.29, 1.82) is 0 Å². The normalized spacial score (nSPS) is 23.2. The molecule has 24 heavy (non-hydrogen) atoms. The zero-order chi connectivity index (χ0) is 16.4. The molecule has 0 bridgehead atoms. The van der Waals surface area contributed by atoms with E-state index in [0.29, 0.717) is 12.3 Å². The van der Waals surface area contributed by atoms with Gasteiger partial charge in [-0.2, -0.15) is 0 Å². The Kier molecular flexibility index (Phi) is 4.58. The number of carbonyl (C=O) groups excluding carboxylic acids is 1. The van der Waals surface area contributed by atoms with E-state index in [0.717, 1.165) is 44.5 Å². The molecule has 1 aromatic carbocycles. The van der Waals surface area contributed by atoms with Gasteiger partial charge in [0, 0.05) is 31.2 Å². The van der Waals surface area contributed by atoms with E-state index >= 15 is 0 Å². The molecule has 4 rings (SSSR count). The predicted octanol–water partition coefficient (Wildman–Crippen LogP) is 3.29. The fourth-order valence-corrected chi connectivity index (χ4v) is 3.55. The first-order valence-corrected chi connectivity index (χ1v) is 9.30. The summed E-state index contributed by atoms with van der Waals surface area (Å²) in [7, 11) is 0. The number of nitrogens with zero attached hydrogens (tertiary/aromatic N) is 1. The third kappa shape index (κ3) is 3.82. The Morgan fingerprint density at radius 2 is 2.12 bits per heavy atom. The Hall–Kier alpha value is -1.79. The summed E-state index contributed by atoms with van der Waals surface area (Å²) >= 11 is 0. The molecule has 1 saturated heterocycles. The van der Waals surface area contributed by atoms with Crippen molar-refractivity contribution >= 4 is 5.91 Å². The minimum absolute atomic E-state index is 0.132. The van der Waals surface area contributed by atoms with E-state index in [1.807, 2.05) is 4.90 Å². The van der Waals surface area contributed by atoms with E-state index in [9.17, 15) is 4.79 Å². The van der Waals surface area contributed by atoms with Crippen LogP contribution in [0.3, 0.4) is 0 Å². The first kappa shape index (κ1) is 15.7. The minimum Gasteiger partial charge on any atom is -0.378 e. The highest BCUT2D eigenvalue weighted by Gasteiger charge is 2.25. The van der Waals surface area contributed by atoms with Crippen molar-refractivity contribution < 1.29 is 9.53 Å². The molecule has 0 spiro atoms. The molecule has 2 fully saturated rings. The van der Waals surface area contributed by atoms with Crippen LogP contribution in [0.5, 0.6) is 0 Å². The van der Waals surface area contributed by atoms with Crippen molar-refractivity contribution in [2.24, 2.45) is 5.92 Å². The van der Waals surface area contributed by atoms with Gasteiger partial charge in [0.05, 0.1) is 12.5 Å². The molecule has 0 N–H and O–H groups in total. The van der Waals surface area contributed by atoms with Gasteiger partial charge < -0.3 is 9.64 Å². The lowest BCUT2D eigenvalue weighted by Gasteiger charge is -2.31. The van der Waals surface area contributed by atoms with Crippen LogP contribution in [0.1, 0.15) is 55.2 Å². The summed E-state index contributed by atoms with van der Waals surface area (Å²) < 4.78 is 5.71. The summed E-state index contributed by atoms with van der Waals surface area (Å²) in [5, 5.41) is 0. The number of rotatable bonds is 2. The van der Waals surface area contributed by atoms with Gasteiger partial charge in [-0.1, -0.05) is 17.9 Å². The van der Waals surface area contributed by atoms with Gasteiger partial charge in [0.1, 0.15) is 0 Å². The van der Waals surface area contributed by atoms with Gasteiger partial charge in [-0.15, -0.1) is 0 Å². The zero-order valence-corrected chi connectivity index (χ0v) is 14.2. The maximum absolute atomic E-state index is 12.6. The summed E-state index contributed by atoms with van der Waals surface area (Å²) in [6.45, 7) is 2.36. The molecule has 1 amide bonds. The number of hydrogen-bond donors (Lipinski definition) is 0. The molecule has 2 aliphatic heterocycles. The van der Waals surface area contributed by atoms with Crippen LogP contribution < -0.4 is 0 Å². The second-order valence-electron chi connectivity index (χ2n) is 7.29. The molecule has 1 aliphatic carbocycles. The van der Waals surface area contributed by atoms with Crippen LogP contribution in [-0.4, -0.2) is 30.1 Å². The molecule has 1 unspecified atom stereocenters. The highest BCUT2D eigenvalue weighted by Crippen LogP contribution is 2.28. The zero-order valence-electron chi connectivity index (χ0n) is 14.2. The van der Waals surface area contributed by atoms with E-state index in [2.05, 4.69) is 30.0 Å². The molecule has 3 aliphatic rings. The standard InChI is InChI=1S/C21H25NO2/c23-21(14-20-3-1-2-12-24-20)22-11-10-18-13-17(7-6-16-4-5-16)8-9-19(18)15-22/h8-9,13,16,20H,1-5,10-12,14-15H2. The second kappa shape index (κ2) is 6.99. The number of ether oxygens (including phenoxy) is 1. The summed E-state index contributed by atoms with van der Waals surface area (Å²) in [4.78, 5) is 14.5. The highest BCUT2D eigenvalue weighted by molar-refractivity contribution is 5.77. The molecule has 126 valence electrons. The summed E-state index contributed by atoms with van der Waals surface area (Å²) in [6, 6.07) is 6.48. The second-order valence-corrected chi connectivity index (χ2v) is 7.29. The molecule has 0 radical (unpaired) electrons. The van der Waals surface area contributed by atoms with Gasteiger partial charge in [0.15, 0.2) is 0 Å². The van der Waals surface area contributed by atoms with E-state index in [1.165, 1.54) is 30.4 Å². The lowest BCUT2D eigenvalue weighted by molar-refractivity contribution is -0.136. The lowest BCUT2D eigenvalue weighted by Crippen LogP contribution is -2.38. The average Bonchev–Trinajstić information content (AvgIpc) is 3.44. The Morgan fingerprint density at radius 1 is 1.21 bits per heavy atom. The number of carbonyl (C=O) groups is 1. The smallest absolute Gasteiger partial charge is 0.225 e. The van der Waals surface area contributed by atoms with Crippen LogP contribution in [0, 0.1) is 17.8 Å². The molecule has 1 saturated carbocycles. The van der Waals surface area contributed by atoms with Crippen molar-refractivity contribution in [3.63, 3.8) is 0 Å². The van der Waals surface area contributed by atoms with Gasteiger partial charge in [-0.25, -0.2) is 0 Å². The van der Waals surface area contributed by atoms with E-state index in [1.54, 1.807) is 0 Å². The van der Waals surface area contributed by atoms with Crippen molar-refractivity contribution in [1.82, 2.24) is 4.90 Å². The maximum atomic E-state index is 12.6. The molecular weight excluding hydrogens is 298 g/mol. The highest BCUT2D eigenvalue weighted by atomic mass is 16.5. The van der Waals surface area contributed by atoms with Gasteiger partial charge in [0.2, 0.25) is 5.91 Å². The van der Waals surface area contributed by atoms with Crippen LogP contribution in [0.4, 0.5) is 0 Å². The number of benzene rings is 1. The quantitative estimate of drug-likeness (QED) is 0.782. The number of hydrogen-bond acceptors (Lipinski definition) is 2. The van der Waals surface area contributed by atoms with Crippen molar-refractivity contribution in [2.45, 2.75) is 57.6 Å². The van der Waals surface area contributed by atoms with Gasteiger partial charge in [-0.3, -0.25) is 4.79 Å². The Balaban J connectivity index is 1.38. The van der Waals surface area contributed by atoms with Crippen LogP contribution >= 0.6 is 0 Å². The molecule has 1 atom stereocenters. The Morgan fingerprint density at radius 3 is 2.92 bits per heavy atom. The van der Waals surface area contributed by atoms with Gasteiger partial charge in [-0.05, 0) is 61.8 Å². The fraction of sp³-hybridized carbons (Fsp3) is 0.571. The monoisotopic (exact) mass is 323 g/mol. The Bertz CT molecular complexity index is 675. The molecule has 1 aromatic rings.